The summed E-state index contributed by atoms with van der Waals surface area (Å²) in [6.45, 7) is 0.240. The number of rotatable bonds is 5. The molecule has 0 bridgehead atoms. The third kappa shape index (κ3) is 2.50. The molecule has 1 unspecified atom stereocenters. The maximum atomic E-state index is 10.9. The number of fused-ring (bicyclic) bond motifs is 1. The first-order chi connectivity index (χ1) is 9.06. The molecule has 2 aromatic heterocycles. The van der Waals surface area contributed by atoms with E-state index < -0.39 is 5.97 Å². The van der Waals surface area contributed by atoms with E-state index in [0.717, 1.165) is 5.56 Å². The van der Waals surface area contributed by atoms with E-state index in [9.17, 15) is 4.79 Å². The Hall–Kier alpha value is -2.15. The molecule has 0 aliphatic rings. The van der Waals surface area contributed by atoms with E-state index in [2.05, 4.69) is 9.97 Å². The number of nitrogens with two attached hydrogens (primary N) is 1. The number of aliphatic carboxylic acids is 1. The summed E-state index contributed by atoms with van der Waals surface area (Å²) in [4.78, 5) is 19.5. The van der Waals surface area contributed by atoms with Crippen LogP contribution in [-0.2, 0) is 11.8 Å². The Morgan fingerprint density at radius 2 is 2.37 bits per heavy atom. The average Bonchev–Trinajstić information content (AvgIpc) is 2.72. The summed E-state index contributed by atoms with van der Waals surface area (Å²) in [7, 11) is 3.34. The van der Waals surface area contributed by atoms with Crippen molar-refractivity contribution < 1.29 is 14.6 Å². The highest BCUT2D eigenvalue weighted by atomic mass is 16.5. The number of aryl methyl sites for hydroxylation is 1. The van der Waals surface area contributed by atoms with Gasteiger partial charge < -0.3 is 20.1 Å². The van der Waals surface area contributed by atoms with Gasteiger partial charge >= 0.3 is 5.97 Å². The molecule has 0 saturated heterocycles. The molecule has 0 aromatic carbocycles. The van der Waals surface area contributed by atoms with Gasteiger partial charge in [0.05, 0.1) is 19.7 Å². The zero-order valence-electron chi connectivity index (χ0n) is 10.8. The van der Waals surface area contributed by atoms with Gasteiger partial charge in [-0.25, -0.2) is 9.97 Å². The van der Waals surface area contributed by atoms with Crippen molar-refractivity contribution >= 4 is 17.1 Å². The number of ether oxygens (including phenoxy) is 1. The molecule has 2 aromatic rings. The van der Waals surface area contributed by atoms with Crippen LogP contribution < -0.4 is 10.5 Å². The number of aromatic nitrogens is 3. The van der Waals surface area contributed by atoms with Crippen molar-refractivity contribution in [1.29, 1.82) is 0 Å². The Kier molecular flexibility index (Phi) is 3.66. The number of carboxylic acid groups (broad SMARTS) is 1. The molecule has 7 nitrogen and oxygen atoms in total. The molecule has 0 amide bonds. The summed E-state index contributed by atoms with van der Waals surface area (Å²) < 4.78 is 6.86. The second-order valence-electron chi connectivity index (χ2n) is 4.31. The Morgan fingerprint density at radius 3 is 2.95 bits per heavy atom. The van der Waals surface area contributed by atoms with E-state index in [4.69, 9.17) is 15.6 Å². The number of methoxy groups -OCH3 is 1. The predicted molar refractivity (Wildman–Crippen MR) is 69.1 cm³/mol. The molecule has 2 heterocycles. The monoisotopic (exact) mass is 264 g/mol. The Bertz CT molecular complexity index is 608. The number of nitrogens with zero attached hydrogens (tertiary/aromatic N) is 3. The number of carbonyl (C=O) groups is 1. The Balaban J connectivity index is 2.54. The van der Waals surface area contributed by atoms with E-state index in [1.165, 1.54) is 13.3 Å². The van der Waals surface area contributed by atoms with Gasteiger partial charge in [0.25, 0.3) is 0 Å². The van der Waals surface area contributed by atoms with Gasteiger partial charge in [-0.15, -0.1) is 0 Å². The topological polar surface area (TPSA) is 103 Å². The molecule has 0 aliphatic carbocycles. The zero-order valence-corrected chi connectivity index (χ0v) is 10.8. The van der Waals surface area contributed by atoms with Gasteiger partial charge in [-0.2, -0.15) is 0 Å². The van der Waals surface area contributed by atoms with Crippen LogP contribution in [0.4, 0.5) is 0 Å². The lowest BCUT2D eigenvalue weighted by Gasteiger charge is -2.10. The molecule has 7 heteroatoms. The highest BCUT2D eigenvalue weighted by Crippen LogP contribution is 2.27. The summed E-state index contributed by atoms with van der Waals surface area (Å²) in [5.74, 6) is -0.781. The molecular weight excluding hydrogens is 248 g/mol. The fraction of sp³-hybridized carbons (Fsp3) is 0.417. The molecule has 3 N–H and O–H groups in total. The van der Waals surface area contributed by atoms with Crippen molar-refractivity contribution in [2.24, 2.45) is 12.8 Å². The van der Waals surface area contributed by atoms with Crippen LogP contribution in [0, 0.1) is 0 Å². The van der Waals surface area contributed by atoms with Gasteiger partial charge in [0, 0.05) is 24.7 Å². The predicted octanol–water partition coefficient (Wildman–Crippen LogP) is 0.494. The fourth-order valence-electron chi connectivity index (χ4n) is 2.08. The molecular formula is C12H16N4O3. The molecule has 0 radical (unpaired) electrons. The minimum atomic E-state index is -0.886. The van der Waals surface area contributed by atoms with Gasteiger partial charge in [0.1, 0.15) is 5.52 Å². The van der Waals surface area contributed by atoms with Gasteiger partial charge in [-0.1, -0.05) is 0 Å². The first-order valence-electron chi connectivity index (χ1n) is 5.84. The SMILES string of the molecule is COc1cnc2c(n1)c(C(CN)CC(=O)O)cn2C. The first-order valence-corrected chi connectivity index (χ1v) is 5.84. The number of hydrogen-bond acceptors (Lipinski definition) is 5. The standard InChI is InChI=1S/C12H16N4O3/c1-16-6-8(7(4-13)3-10(17)18)11-12(16)14-5-9(15-11)19-2/h5-7H,3-4,13H2,1-2H3,(H,17,18). The van der Waals surface area contributed by atoms with Crippen LogP contribution in [0.5, 0.6) is 5.88 Å². The highest BCUT2D eigenvalue weighted by molar-refractivity contribution is 5.78. The van der Waals surface area contributed by atoms with E-state index in [1.807, 2.05) is 17.8 Å². The van der Waals surface area contributed by atoms with E-state index in [0.29, 0.717) is 17.0 Å². The van der Waals surface area contributed by atoms with Crippen molar-refractivity contribution in [3.63, 3.8) is 0 Å². The molecule has 0 spiro atoms. The summed E-state index contributed by atoms with van der Waals surface area (Å²) in [5.41, 5.74) is 7.78. The number of hydrogen-bond donors (Lipinski definition) is 2. The third-order valence-electron chi connectivity index (χ3n) is 3.03. The van der Waals surface area contributed by atoms with Crippen molar-refractivity contribution in [2.75, 3.05) is 13.7 Å². The quantitative estimate of drug-likeness (QED) is 0.814. The average molecular weight is 264 g/mol. The van der Waals surface area contributed by atoms with Crippen molar-refractivity contribution in [3.05, 3.63) is 18.0 Å². The first kappa shape index (κ1) is 13.3. The number of carboxylic acids is 1. The zero-order chi connectivity index (χ0) is 14.0. The lowest BCUT2D eigenvalue weighted by molar-refractivity contribution is -0.137. The van der Waals surface area contributed by atoms with Crippen LogP contribution in [0.25, 0.3) is 11.2 Å². The van der Waals surface area contributed by atoms with Crippen LogP contribution in [-0.4, -0.2) is 39.3 Å². The van der Waals surface area contributed by atoms with E-state index in [-0.39, 0.29) is 18.9 Å². The summed E-state index contributed by atoms with van der Waals surface area (Å²) in [6.07, 6.45) is 3.32. The van der Waals surface area contributed by atoms with Crippen molar-refractivity contribution in [1.82, 2.24) is 14.5 Å². The molecule has 2 rings (SSSR count). The summed E-state index contributed by atoms with van der Waals surface area (Å²) >= 11 is 0. The Labute approximate surface area is 110 Å². The lowest BCUT2D eigenvalue weighted by Crippen LogP contribution is -2.16. The molecule has 102 valence electrons. The van der Waals surface area contributed by atoms with Crippen LogP contribution in [0.2, 0.25) is 0 Å². The Morgan fingerprint density at radius 1 is 1.63 bits per heavy atom. The van der Waals surface area contributed by atoms with Crippen LogP contribution in [0.1, 0.15) is 17.9 Å². The van der Waals surface area contributed by atoms with Crippen LogP contribution in [0.3, 0.4) is 0 Å². The molecule has 0 fully saturated rings. The molecule has 0 saturated carbocycles. The molecule has 19 heavy (non-hydrogen) atoms. The summed E-state index contributed by atoms with van der Waals surface area (Å²) in [5, 5.41) is 8.93. The molecule has 0 aliphatic heterocycles. The second kappa shape index (κ2) is 5.23. The van der Waals surface area contributed by atoms with E-state index in [1.54, 1.807) is 0 Å². The van der Waals surface area contributed by atoms with Gasteiger partial charge in [-0.3, -0.25) is 4.79 Å². The van der Waals surface area contributed by atoms with E-state index >= 15 is 0 Å². The highest BCUT2D eigenvalue weighted by Gasteiger charge is 2.20. The van der Waals surface area contributed by atoms with Crippen molar-refractivity contribution in [3.8, 4) is 5.88 Å². The van der Waals surface area contributed by atoms with Gasteiger partial charge in [0.2, 0.25) is 5.88 Å². The second-order valence-corrected chi connectivity index (χ2v) is 4.31. The van der Waals surface area contributed by atoms with Crippen LogP contribution >= 0.6 is 0 Å². The maximum Gasteiger partial charge on any atom is 0.304 e. The van der Waals surface area contributed by atoms with Gasteiger partial charge in [-0.05, 0) is 6.54 Å². The minimum Gasteiger partial charge on any atom is -0.481 e. The normalized spacial score (nSPS) is 12.6. The fourth-order valence-corrected chi connectivity index (χ4v) is 2.08. The van der Waals surface area contributed by atoms with Gasteiger partial charge in [0.15, 0.2) is 5.65 Å². The maximum absolute atomic E-state index is 10.9. The molecule has 1 atom stereocenters. The summed E-state index contributed by atoms with van der Waals surface area (Å²) in [6, 6.07) is 0. The smallest absolute Gasteiger partial charge is 0.304 e. The minimum absolute atomic E-state index is 0.0332. The third-order valence-corrected chi connectivity index (χ3v) is 3.03. The van der Waals surface area contributed by atoms with Crippen molar-refractivity contribution in [2.45, 2.75) is 12.3 Å². The largest absolute Gasteiger partial charge is 0.481 e. The lowest BCUT2D eigenvalue weighted by atomic mass is 9.98. The van der Waals surface area contributed by atoms with Crippen LogP contribution in [0.15, 0.2) is 12.4 Å².